The van der Waals surface area contributed by atoms with Crippen molar-refractivity contribution in [3.63, 3.8) is 0 Å². The molecule has 4 aromatic rings. The van der Waals surface area contributed by atoms with Crippen LogP contribution in [0.4, 0.5) is 11.4 Å². The van der Waals surface area contributed by atoms with Gasteiger partial charge >= 0.3 is 0 Å². The summed E-state index contributed by atoms with van der Waals surface area (Å²) in [4.78, 5) is 9.08. The van der Waals surface area contributed by atoms with Gasteiger partial charge in [0.2, 0.25) is 0 Å². The molecule has 184 valence electrons. The van der Waals surface area contributed by atoms with Gasteiger partial charge in [-0.1, -0.05) is 24.3 Å². The Labute approximate surface area is 219 Å². The third kappa shape index (κ3) is 4.05. The third-order valence-electron chi connectivity index (χ3n) is 7.19. The maximum absolute atomic E-state index is 5.95. The second kappa shape index (κ2) is 9.43. The molecule has 0 radical (unpaired) electrons. The Kier molecular flexibility index (Phi) is 6.31. The molecule has 0 saturated carbocycles. The maximum Gasteiger partial charge on any atom is 0.174 e. The van der Waals surface area contributed by atoms with E-state index in [9.17, 15) is 0 Å². The van der Waals surface area contributed by atoms with Crippen LogP contribution in [0.25, 0.3) is 5.69 Å². The van der Waals surface area contributed by atoms with Gasteiger partial charge in [0.25, 0.3) is 0 Å². The number of aryl methyl sites for hydroxylation is 3. The van der Waals surface area contributed by atoms with Crippen molar-refractivity contribution >= 4 is 28.7 Å². The van der Waals surface area contributed by atoms with Gasteiger partial charge in [-0.3, -0.25) is 4.98 Å². The van der Waals surface area contributed by atoms with Gasteiger partial charge < -0.3 is 19.7 Å². The summed E-state index contributed by atoms with van der Waals surface area (Å²) in [6, 6.07) is 23.4. The summed E-state index contributed by atoms with van der Waals surface area (Å²) in [5, 5.41) is 4.31. The highest BCUT2D eigenvalue weighted by atomic mass is 32.1. The lowest BCUT2D eigenvalue weighted by Gasteiger charge is -2.29. The fourth-order valence-electron chi connectivity index (χ4n) is 5.45. The first-order chi connectivity index (χ1) is 17.3. The molecule has 1 aliphatic heterocycles. The first kappa shape index (κ1) is 24.1. The molecule has 1 fully saturated rings. The lowest BCUT2D eigenvalue weighted by Crippen LogP contribution is -2.29. The Morgan fingerprint density at radius 3 is 2.19 bits per heavy atom. The molecule has 2 atom stereocenters. The first-order valence-electron chi connectivity index (χ1n) is 12.3. The molecular formula is C30H33N5S. The van der Waals surface area contributed by atoms with Crippen LogP contribution in [-0.2, 0) is 0 Å². The van der Waals surface area contributed by atoms with Gasteiger partial charge in [0.15, 0.2) is 5.11 Å². The summed E-state index contributed by atoms with van der Waals surface area (Å²) < 4.78 is 2.39. The lowest BCUT2D eigenvalue weighted by molar-refractivity contribution is 0.565. The number of nitrogens with zero attached hydrogens (tertiary/aromatic N) is 4. The van der Waals surface area contributed by atoms with Crippen LogP contribution >= 0.6 is 12.2 Å². The van der Waals surface area contributed by atoms with Gasteiger partial charge in [0, 0.05) is 43.1 Å². The van der Waals surface area contributed by atoms with Crippen LogP contribution in [0.5, 0.6) is 0 Å². The van der Waals surface area contributed by atoms with Gasteiger partial charge in [-0.2, -0.15) is 0 Å². The molecule has 1 saturated heterocycles. The average Bonchev–Trinajstić information content (AvgIpc) is 3.35. The predicted octanol–water partition coefficient (Wildman–Crippen LogP) is 6.35. The van der Waals surface area contributed by atoms with Crippen LogP contribution in [0.15, 0.2) is 72.9 Å². The number of pyridine rings is 1. The normalized spacial score (nSPS) is 17.4. The molecule has 36 heavy (non-hydrogen) atoms. The zero-order valence-corrected chi connectivity index (χ0v) is 22.6. The molecule has 3 heterocycles. The fraction of sp³-hybridized carbons (Fsp3) is 0.267. The molecule has 2 aromatic carbocycles. The number of aromatic nitrogens is 2. The van der Waals surface area contributed by atoms with E-state index in [2.05, 4.69) is 116 Å². The Balaban J connectivity index is 1.68. The third-order valence-corrected chi connectivity index (χ3v) is 7.51. The highest BCUT2D eigenvalue weighted by Crippen LogP contribution is 2.44. The van der Waals surface area contributed by atoms with E-state index >= 15 is 0 Å². The number of hydrogen-bond acceptors (Lipinski definition) is 3. The van der Waals surface area contributed by atoms with Crippen molar-refractivity contribution < 1.29 is 0 Å². The molecule has 0 spiro atoms. The fourth-order valence-corrected chi connectivity index (χ4v) is 5.80. The molecule has 5 rings (SSSR count). The Hall–Kier alpha value is -3.64. The van der Waals surface area contributed by atoms with E-state index < -0.39 is 0 Å². The Bertz CT molecular complexity index is 1390. The zero-order chi connectivity index (χ0) is 25.6. The largest absolute Gasteiger partial charge is 0.378 e. The van der Waals surface area contributed by atoms with Gasteiger partial charge in [0.05, 0.1) is 23.5 Å². The van der Waals surface area contributed by atoms with E-state index in [0.29, 0.717) is 5.11 Å². The van der Waals surface area contributed by atoms with Crippen molar-refractivity contribution in [2.24, 2.45) is 0 Å². The second-order valence-corrected chi connectivity index (χ2v) is 10.2. The number of para-hydroxylation sites is 1. The summed E-state index contributed by atoms with van der Waals surface area (Å²) in [6.07, 6.45) is 1.85. The van der Waals surface area contributed by atoms with Crippen LogP contribution in [0.2, 0.25) is 0 Å². The highest BCUT2D eigenvalue weighted by Gasteiger charge is 2.42. The number of rotatable bonds is 5. The molecule has 0 unspecified atom stereocenters. The number of hydrogen-bond donors (Lipinski definition) is 1. The minimum absolute atomic E-state index is 0.0399. The van der Waals surface area contributed by atoms with Crippen molar-refractivity contribution in [1.82, 2.24) is 14.9 Å². The lowest BCUT2D eigenvalue weighted by atomic mass is 9.96. The summed E-state index contributed by atoms with van der Waals surface area (Å²) in [5.74, 6) is 0. The molecule has 2 aromatic heterocycles. The smallest absolute Gasteiger partial charge is 0.174 e. The summed E-state index contributed by atoms with van der Waals surface area (Å²) in [5.41, 5.74) is 10.7. The zero-order valence-electron chi connectivity index (χ0n) is 21.8. The topological polar surface area (TPSA) is 36.3 Å². The molecule has 0 bridgehead atoms. The molecule has 6 heteroatoms. The average molecular weight is 496 g/mol. The monoisotopic (exact) mass is 495 g/mol. The van der Waals surface area contributed by atoms with Crippen LogP contribution in [-0.4, -0.2) is 28.8 Å². The van der Waals surface area contributed by atoms with Crippen LogP contribution in [0.1, 0.15) is 45.9 Å². The molecule has 1 N–H and O–H groups in total. The van der Waals surface area contributed by atoms with Crippen LogP contribution < -0.4 is 15.1 Å². The van der Waals surface area contributed by atoms with E-state index in [1.54, 1.807) is 0 Å². The predicted molar refractivity (Wildman–Crippen MR) is 153 cm³/mol. The van der Waals surface area contributed by atoms with Crippen molar-refractivity contribution in [2.75, 3.05) is 23.9 Å². The number of anilines is 2. The second-order valence-electron chi connectivity index (χ2n) is 9.81. The summed E-state index contributed by atoms with van der Waals surface area (Å²) >= 11 is 5.95. The van der Waals surface area contributed by atoms with Crippen LogP contribution in [0.3, 0.4) is 0 Å². The Morgan fingerprint density at radius 1 is 0.889 bits per heavy atom. The summed E-state index contributed by atoms with van der Waals surface area (Å²) in [7, 11) is 4.11. The van der Waals surface area contributed by atoms with Crippen molar-refractivity contribution in [3.8, 4) is 5.69 Å². The van der Waals surface area contributed by atoms with Gasteiger partial charge in [-0.05, 0) is 99.1 Å². The minimum atomic E-state index is -0.0702. The van der Waals surface area contributed by atoms with Crippen molar-refractivity contribution in [3.05, 3.63) is 107 Å². The van der Waals surface area contributed by atoms with Crippen molar-refractivity contribution in [2.45, 2.75) is 39.8 Å². The molecule has 5 nitrogen and oxygen atoms in total. The number of thiocarbonyl (C=S) groups is 1. The van der Waals surface area contributed by atoms with Crippen molar-refractivity contribution in [1.29, 1.82) is 0 Å². The molecule has 0 amide bonds. The van der Waals surface area contributed by atoms with Gasteiger partial charge in [-0.15, -0.1) is 0 Å². The number of nitrogens with one attached hydrogen (secondary N) is 1. The van der Waals surface area contributed by atoms with Crippen LogP contribution in [0, 0.1) is 27.7 Å². The van der Waals surface area contributed by atoms with E-state index in [1.165, 1.54) is 33.8 Å². The van der Waals surface area contributed by atoms with Gasteiger partial charge in [-0.25, -0.2) is 0 Å². The molecule has 1 aliphatic rings. The minimum Gasteiger partial charge on any atom is -0.378 e. The van der Waals surface area contributed by atoms with Gasteiger partial charge in [0.1, 0.15) is 0 Å². The van der Waals surface area contributed by atoms with E-state index in [-0.39, 0.29) is 12.1 Å². The Morgan fingerprint density at radius 2 is 1.58 bits per heavy atom. The molecular weight excluding hydrogens is 462 g/mol. The standard InChI is InChI=1S/C30H33N5S/c1-19-10-9-11-20(2)28(19)34-21(3)18-25(22(34)4)29-27(26-12-7-8-17-31-26)32-30(36)35(29)24-15-13-23(14-16-24)33(5)6/h7-18,27,29H,1-6H3,(H,32,36)/t27-,29-/m1/s1. The van der Waals surface area contributed by atoms with E-state index in [0.717, 1.165) is 17.1 Å². The van der Waals surface area contributed by atoms with E-state index in [1.807, 2.05) is 18.3 Å². The molecule has 0 aliphatic carbocycles. The summed E-state index contributed by atoms with van der Waals surface area (Å²) in [6.45, 7) is 8.78. The quantitative estimate of drug-likeness (QED) is 0.327. The first-order valence-corrected chi connectivity index (χ1v) is 12.7. The SMILES string of the molecule is Cc1cccc(C)c1-n1c(C)cc([C@@H]2[C@@H](c3ccccn3)NC(=S)N2c2ccc(N(C)C)cc2)c1C. The maximum atomic E-state index is 5.95. The number of benzene rings is 2. The van der Waals surface area contributed by atoms with E-state index in [4.69, 9.17) is 17.2 Å². The highest BCUT2D eigenvalue weighted by molar-refractivity contribution is 7.80.